The molecule has 0 saturated heterocycles. The molecule has 2 aromatic rings. The van der Waals surface area contributed by atoms with Gasteiger partial charge in [0.05, 0.1) is 14.2 Å². The molecule has 2 aromatic carbocycles. The standard InChI is InChI=1S/C20H18Cl2O4/c1-25-19(23)18(20(24)26-2)17(14-6-10-16(22)11-7-14)12-5-13-3-8-15(21)9-4-13/h3-12,17-18H,1-2H3/b12-5+/t17-/m1/s1. The number of allylic oxidation sites excluding steroid dienone is 1. The summed E-state index contributed by atoms with van der Waals surface area (Å²) in [7, 11) is 2.47. The van der Waals surface area contributed by atoms with E-state index in [-0.39, 0.29) is 0 Å². The van der Waals surface area contributed by atoms with Crippen LogP contribution in [0.4, 0.5) is 0 Å². The highest BCUT2D eigenvalue weighted by molar-refractivity contribution is 6.30. The molecule has 2 rings (SSSR count). The summed E-state index contributed by atoms with van der Waals surface area (Å²) in [5, 5.41) is 1.18. The number of hydrogen-bond donors (Lipinski definition) is 0. The van der Waals surface area contributed by atoms with Gasteiger partial charge in [-0.25, -0.2) is 0 Å². The minimum absolute atomic E-state index is 0.557. The molecule has 0 N–H and O–H groups in total. The summed E-state index contributed by atoms with van der Waals surface area (Å²) in [6, 6.07) is 14.1. The molecule has 1 atom stereocenters. The van der Waals surface area contributed by atoms with Crippen molar-refractivity contribution in [2.24, 2.45) is 5.92 Å². The lowest BCUT2D eigenvalue weighted by Gasteiger charge is -2.21. The molecule has 0 aliphatic heterocycles. The van der Waals surface area contributed by atoms with Gasteiger partial charge in [0.2, 0.25) is 0 Å². The first-order chi connectivity index (χ1) is 12.5. The first-order valence-corrected chi connectivity index (χ1v) is 8.56. The zero-order valence-electron chi connectivity index (χ0n) is 14.3. The van der Waals surface area contributed by atoms with E-state index >= 15 is 0 Å². The van der Waals surface area contributed by atoms with Crippen LogP contribution < -0.4 is 0 Å². The normalized spacial score (nSPS) is 12.2. The van der Waals surface area contributed by atoms with Crippen LogP contribution in [0.25, 0.3) is 6.08 Å². The molecule has 26 heavy (non-hydrogen) atoms. The van der Waals surface area contributed by atoms with Gasteiger partial charge in [-0.05, 0) is 35.4 Å². The number of hydrogen-bond acceptors (Lipinski definition) is 4. The van der Waals surface area contributed by atoms with Crippen LogP contribution in [0.5, 0.6) is 0 Å². The Balaban J connectivity index is 2.46. The van der Waals surface area contributed by atoms with Crippen LogP contribution in [0.3, 0.4) is 0 Å². The number of carbonyl (C=O) groups excluding carboxylic acids is 2. The van der Waals surface area contributed by atoms with Crippen molar-refractivity contribution in [3.05, 3.63) is 75.8 Å². The van der Waals surface area contributed by atoms with Crippen molar-refractivity contribution in [2.75, 3.05) is 14.2 Å². The predicted octanol–water partition coefficient (Wildman–Crippen LogP) is 4.75. The molecule has 0 aromatic heterocycles. The third kappa shape index (κ3) is 5.10. The van der Waals surface area contributed by atoms with Gasteiger partial charge in [-0.15, -0.1) is 0 Å². The molecule has 0 radical (unpaired) electrons. The Labute approximate surface area is 162 Å². The van der Waals surface area contributed by atoms with Gasteiger partial charge in [0.15, 0.2) is 5.92 Å². The summed E-state index contributed by atoms with van der Waals surface area (Å²) in [5.74, 6) is -3.05. The smallest absolute Gasteiger partial charge is 0.321 e. The summed E-state index contributed by atoms with van der Waals surface area (Å²) in [6.45, 7) is 0. The van der Waals surface area contributed by atoms with Crippen molar-refractivity contribution >= 4 is 41.2 Å². The van der Waals surface area contributed by atoms with Gasteiger partial charge in [0, 0.05) is 16.0 Å². The van der Waals surface area contributed by atoms with Crippen LogP contribution in [0, 0.1) is 5.92 Å². The highest BCUT2D eigenvalue weighted by Gasteiger charge is 2.36. The lowest BCUT2D eigenvalue weighted by Crippen LogP contribution is -2.31. The van der Waals surface area contributed by atoms with Crippen molar-refractivity contribution in [1.82, 2.24) is 0 Å². The molecule has 0 saturated carbocycles. The number of carbonyl (C=O) groups is 2. The second-order valence-corrected chi connectivity index (χ2v) is 6.38. The minimum Gasteiger partial charge on any atom is -0.468 e. The first-order valence-electron chi connectivity index (χ1n) is 7.81. The fourth-order valence-electron chi connectivity index (χ4n) is 2.53. The summed E-state index contributed by atoms with van der Waals surface area (Å²) in [4.78, 5) is 24.5. The topological polar surface area (TPSA) is 52.6 Å². The zero-order chi connectivity index (χ0) is 19.1. The van der Waals surface area contributed by atoms with Crippen LogP contribution in [0.1, 0.15) is 17.0 Å². The van der Waals surface area contributed by atoms with E-state index in [1.54, 1.807) is 42.5 Å². The third-order valence-electron chi connectivity index (χ3n) is 3.89. The van der Waals surface area contributed by atoms with Crippen molar-refractivity contribution in [3.63, 3.8) is 0 Å². The Kier molecular flexibility index (Phi) is 7.25. The summed E-state index contributed by atoms with van der Waals surface area (Å²) in [5.41, 5.74) is 1.61. The number of halogens is 2. The van der Waals surface area contributed by atoms with Gasteiger partial charge in [-0.2, -0.15) is 0 Å². The first kappa shape index (κ1) is 20.0. The lowest BCUT2D eigenvalue weighted by atomic mass is 9.85. The van der Waals surface area contributed by atoms with Crippen molar-refractivity contribution < 1.29 is 19.1 Å². The number of rotatable bonds is 6. The maximum Gasteiger partial charge on any atom is 0.321 e. The molecular formula is C20H18Cl2O4. The van der Waals surface area contributed by atoms with E-state index in [0.717, 1.165) is 11.1 Å². The van der Waals surface area contributed by atoms with E-state index in [2.05, 4.69) is 0 Å². The second-order valence-electron chi connectivity index (χ2n) is 5.51. The highest BCUT2D eigenvalue weighted by Crippen LogP contribution is 2.30. The van der Waals surface area contributed by atoms with Crippen molar-refractivity contribution in [2.45, 2.75) is 5.92 Å². The minimum atomic E-state index is -1.13. The number of benzene rings is 2. The Morgan fingerprint density at radius 2 is 1.31 bits per heavy atom. The van der Waals surface area contributed by atoms with Crippen LogP contribution in [0.2, 0.25) is 10.0 Å². The molecule has 4 nitrogen and oxygen atoms in total. The lowest BCUT2D eigenvalue weighted by molar-refractivity contribution is -0.159. The van der Waals surface area contributed by atoms with E-state index in [4.69, 9.17) is 32.7 Å². The molecule has 0 aliphatic rings. The monoisotopic (exact) mass is 392 g/mol. The molecule has 6 heteroatoms. The van der Waals surface area contributed by atoms with Gasteiger partial charge in [-0.3, -0.25) is 9.59 Å². The predicted molar refractivity (Wildman–Crippen MR) is 102 cm³/mol. The number of ether oxygens (including phenoxy) is 2. The zero-order valence-corrected chi connectivity index (χ0v) is 15.8. The van der Waals surface area contributed by atoms with Crippen LogP contribution in [0.15, 0.2) is 54.6 Å². The Morgan fingerprint density at radius 3 is 1.77 bits per heavy atom. The molecule has 136 valence electrons. The molecule has 0 unspecified atom stereocenters. The molecule has 0 fully saturated rings. The molecule has 0 aliphatic carbocycles. The highest BCUT2D eigenvalue weighted by atomic mass is 35.5. The Bertz CT molecular complexity index is 766. The number of esters is 2. The fraction of sp³-hybridized carbons (Fsp3) is 0.200. The summed E-state index contributed by atoms with van der Waals surface area (Å²) >= 11 is 11.8. The SMILES string of the molecule is COC(=O)C(C(=O)OC)[C@H](/C=C/c1ccc(Cl)cc1)c1ccc(Cl)cc1. The van der Waals surface area contributed by atoms with Crippen LogP contribution in [-0.4, -0.2) is 26.2 Å². The Morgan fingerprint density at radius 1 is 0.846 bits per heavy atom. The fourth-order valence-corrected chi connectivity index (χ4v) is 2.78. The number of methoxy groups -OCH3 is 2. The van der Waals surface area contributed by atoms with Crippen LogP contribution in [-0.2, 0) is 19.1 Å². The van der Waals surface area contributed by atoms with E-state index < -0.39 is 23.8 Å². The van der Waals surface area contributed by atoms with E-state index in [0.29, 0.717) is 10.0 Å². The molecular weight excluding hydrogens is 375 g/mol. The van der Waals surface area contributed by atoms with Crippen LogP contribution >= 0.6 is 23.2 Å². The van der Waals surface area contributed by atoms with Gasteiger partial charge in [-0.1, -0.05) is 59.6 Å². The molecule has 0 heterocycles. The van der Waals surface area contributed by atoms with E-state index in [9.17, 15) is 9.59 Å². The molecule has 0 spiro atoms. The maximum atomic E-state index is 12.2. The average Bonchev–Trinajstić information content (AvgIpc) is 2.66. The van der Waals surface area contributed by atoms with E-state index in [1.165, 1.54) is 14.2 Å². The van der Waals surface area contributed by atoms with Gasteiger partial charge >= 0.3 is 11.9 Å². The third-order valence-corrected chi connectivity index (χ3v) is 4.39. The molecule has 0 bridgehead atoms. The largest absolute Gasteiger partial charge is 0.468 e. The second kappa shape index (κ2) is 9.41. The van der Waals surface area contributed by atoms with Gasteiger partial charge < -0.3 is 9.47 Å². The van der Waals surface area contributed by atoms with Gasteiger partial charge in [0.25, 0.3) is 0 Å². The van der Waals surface area contributed by atoms with Crippen molar-refractivity contribution in [3.8, 4) is 0 Å². The maximum absolute atomic E-state index is 12.2. The quantitative estimate of drug-likeness (QED) is 0.525. The summed E-state index contributed by atoms with van der Waals surface area (Å²) in [6.07, 6.45) is 3.58. The Hall–Kier alpha value is -2.30. The summed E-state index contributed by atoms with van der Waals surface area (Å²) < 4.78 is 9.62. The molecule has 0 amide bonds. The van der Waals surface area contributed by atoms with Gasteiger partial charge in [0.1, 0.15) is 0 Å². The average molecular weight is 393 g/mol. The van der Waals surface area contributed by atoms with Crippen molar-refractivity contribution in [1.29, 1.82) is 0 Å². The van der Waals surface area contributed by atoms with E-state index in [1.807, 2.05) is 18.2 Å².